The molecular weight excluding hydrogens is 240 g/mol. The Kier molecular flexibility index (Phi) is 3.35. The van der Waals surface area contributed by atoms with E-state index >= 15 is 0 Å². The van der Waals surface area contributed by atoms with Crippen molar-refractivity contribution in [2.75, 3.05) is 5.32 Å². The third-order valence-corrected chi connectivity index (χ3v) is 3.60. The van der Waals surface area contributed by atoms with Gasteiger partial charge in [-0.3, -0.25) is 0 Å². The Hall–Kier alpha value is -2.04. The first-order chi connectivity index (χ1) is 9.31. The van der Waals surface area contributed by atoms with Crippen molar-refractivity contribution in [1.82, 2.24) is 14.9 Å². The van der Waals surface area contributed by atoms with Crippen LogP contribution in [-0.2, 0) is 0 Å². The molecule has 2 heterocycles. The Morgan fingerprint density at radius 3 is 2.95 bits per heavy atom. The Morgan fingerprint density at radius 2 is 2.11 bits per heavy atom. The molecule has 100 valence electrons. The van der Waals surface area contributed by atoms with Crippen molar-refractivity contribution in [3.05, 3.63) is 30.6 Å². The van der Waals surface area contributed by atoms with Crippen LogP contribution in [0, 0.1) is 0 Å². The quantitative estimate of drug-likeness (QED) is 0.870. The van der Waals surface area contributed by atoms with Crippen LogP contribution in [0.15, 0.2) is 30.6 Å². The van der Waals surface area contributed by atoms with Gasteiger partial charge in [0.15, 0.2) is 0 Å². The summed E-state index contributed by atoms with van der Waals surface area (Å²) in [5, 5.41) is 10.0. The lowest BCUT2D eigenvalue weighted by molar-refractivity contribution is 0.244. The van der Waals surface area contributed by atoms with E-state index in [2.05, 4.69) is 15.7 Å². The monoisotopic (exact) mass is 258 g/mol. The van der Waals surface area contributed by atoms with Crippen LogP contribution >= 0.6 is 0 Å². The van der Waals surface area contributed by atoms with Crippen LogP contribution in [0.25, 0.3) is 5.52 Å². The molecule has 5 heteroatoms. The summed E-state index contributed by atoms with van der Waals surface area (Å²) in [7, 11) is 0. The lowest BCUT2D eigenvalue weighted by atomic mass is 9.96. The van der Waals surface area contributed by atoms with Crippen LogP contribution in [0.4, 0.5) is 10.5 Å². The largest absolute Gasteiger partial charge is 0.335 e. The second kappa shape index (κ2) is 5.30. The number of carbonyl (C=O) groups excluding carboxylic acids is 1. The van der Waals surface area contributed by atoms with Gasteiger partial charge in [0.25, 0.3) is 0 Å². The molecule has 0 aliphatic heterocycles. The van der Waals surface area contributed by atoms with Gasteiger partial charge in [0.05, 0.1) is 5.52 Å². The Labute approximate surface area is 112 Å². The summed E-state index contributed by atoms with van der Waals surface area (Å²) in [5.74, 6) is 0. The first-order valence-electron chi connectivity index (χ1n) is 6.82. The molecule has 3 rings (SSSR count). The van der Waals surface area contributed by atoms with Gasteiger partial charge in [-0.15, -0.1) is 0 Å². The number of nitrogens with one attached hydrogen (secondary N) is 2. The van der Waals surface area contributed by atoms with Gasteiger partial charge in [-0.25, -0.2) is 9.31 Å². The Morgan fingerprint density at radius 1 is 1.26 bits per heavy atom. The first kappa shape index (κ1) is 12.0. The zero-order valence-corrected chi connectivity index (χ0v) is 10.8. The van der Waals surface area contributed by atoms with Crippen molar-refractivity contribution in [3.8, 4) is 0 Å². The van der Waals surface area contributed by atoms with Gasteiger partial charge in [0, 0.05) is 24.1 Å². The summed E-state index contributed by atoms with van der Waals surface area (Å²) in [5.41, 5.74) is 1.76. The standard InChI is InChI=1S/C14H18N4O/c19-14(16-11-4-2-1-3-5-11)17-12-7-9-18-13(10-12)6-8-15-18/h6-11H,1-5H2,(H2,16,17,19). The molecule has 1 aliphatic rings. The number of aromatic nitrogens is 2. The van der Waals surface area contributed by atoms with E-state index in [1.807, 2.05) is 24.4 Å². The number of fused-ring (bicyclic) bond motifs is 1. The average molecular weight is 258 g/mol. The number of urea groups is 1. The molecule has 0 saturated heterocycles. The summed E-state index contributed by atoms with van der Waals surface area (Å²) in [6.45, 7) is 0. The molecule has 0 atom stereocenters. The highest BCUT2D eigenvalue weighted by molar-refractivity contribution is 5.90. The Balaban J connectivity index is 1.61. The van der Waals surface area contributed by atoms with Crippen molar-refractivity contribution in [1.29, 1.82) is 0 Å². The number of amides is 2. The van der Waals surface area contributed by atoms with E-state index in [4.69, 9.17) is 0 Å². The average Bonchev–Trinajstić information content (AvgIpc) is 2.87. The van der Waals surface area contributed by atoms with Gasteiger partial charge in [0.1, 0.15) is 0 Å². The van der Waals surface area contributed by atoms with Crippen LogP contribution < -0.4 is 10.6 Å². The molecule has 0 aromatic carbocycles. The molecule has 0 radical (unpaired) electrons. The molecule has 1 aliphatic carbocycles. The molecule has 1 fully saturated rings. The third kappa shape index (κ3) is 2.86. The molecule has 1 saturated carbocycles. The summed E-state index contributed by atoms with van der Waals surface area (Å²) < 4.78 is 1.77. The zero-order valence-electron chi connectivity index (χ0n) is 10.8. The molecule has 19 heavy (non-hydrogen) atoms. The number of anilines is 1. The minimum atomic E-state index is -0.115. The number of pyridine rings is 1. The predicted molar refractivity (Wildman–Crippen MR) is 74.2 cm³/mol. The summed E-state index contributed by atoms with van der Waals surface area (Å²) in [6, 6.07) is 5.88. The maximum atomic E-state index is 11.9. The van der Waals surface area contributed by atoms with Crippen LogP contribution in [0.5, 0.6) is 0 Å². The van der Waals surface area contributed by atoms with E-state index in [-0.39, 0.29) is 6.03 Å². The van der Waals surface area contributed by atoms with Crippen molar-refractivity contribution in [3.63, 3.8) is 0 Å². The van der Waals surface area contributed by atoms with Gasteiger partial charge in [0.2, 0.25) is 0 Å². The number of rotatable bonds is 2. The zero-order chi connectivity index (χ0) is 13.1. The second-order valence-electron chi connectivity index (χ2n) is 5.05. The van der Waals surface area contributed by atoms with Gasteiger partial charge < -0.3 is 10.6 Å². The lowest BCUT2D eigenvalue weighted by Gasteiger charge is -2.22. The van der Waals surface area contributed by atoms with E-state index < -0.39 is 0 Å². The van der Waals surface area contributed by atoms with Crippen molar-refractivity contribution in [2.45, 2.75) is 38.1 Å². The minimum absolute atomic E-state index is 0.115. The van der Waals surface area contributed by atoms with Gasteiger partial charge >= 0.3 is 6.03 Å². The molecule has 2 N–H and O–H groups in total. The lowest BCUT2D eigenvalue weighted by Crippen LogP contribution is -2.39. The summed E-state index contributed by atoms with van der Waals surface area (Å²) >= 11 is 0. The van der Waals surface area contributed by atoms with Crippen LogP contribution in [0.1, 0.15) is 32.1 Å². The fraction of sp³-hybridized carbons (Fsp3) is 0.429. The van der Waals surface area contributed by atoms with Crippen LogP contribution in [0.2, 0.25) is 0 Å². The molecule has 0 bridgehead atoms. The number of hydrogen-bond donors (Lipinski definition) is 2. The van der Waals surface area contributed by atoms with Crippen molar-refractivity contribution in [2.24, 2.45) is 0 Å². The summed E-state index contributed by atoms with van der Waals surface area (Å²) in [6.07, 6.45) is 9.48. The second-order valence-corrected chi connectivity index (χ2v) is 5.05. The summed E-state index contributed by atoms with van der Waals surface area (Å²) in [4.78, 5) is 11.9. The van der Waals surface area contributed by atoms with Crippen molar-refractivity contribution >= 4 is 17.2 Å². The SMILES string of the molecule is O=C(Nc1ccn2nccc2c1)NC1CCCCC1. The molecule has 0 unspecified atom stereocenters. The minimum Gasteiger partial charge on any atom is -0.335 e. The number of hydrogen-bond acceptors (Lipinski definition) is 2. The highest BCUT2D eigenvalue weighted by Gasteiger charge is 2.15. The first-order valence-corrected chi connectivity index (χ1v) is 6.82. The third-order valence-electron chi connectivity index (χ3n) is 3.60. The molecule has 5 nitrogen and oxygen atoms in total. The molecular formula is C14H18N4O. The topological polar surface area (TPSA) is 58.4 Å². The fourth-order valence-corrected chi connectivity index (χ4v) is 2.60. The molecule has 0 spiro atoms. The smallest absolute Gasteiger partial charge is 0.319 e. The predicted octanol–water partition coefficient (Wildman–Crippen LogP) is 2.79. The van der Waals surface area contributed by atoms with E-state index in [1.165, 1.54) is 19.3 Å². The Bertz CT molecular complexity index is 572. The fourth-order valence-electron chi connectivity index (χ4n) is 2.60. The maximum Gasteiger partial charge on any atom is 0.319 e. The molecule has 2 aromatic rings. The normalized spacial score (nSPS) is 16.4. The van der Waals surface area contributed by atoms with E-state index in [0.717, 1.165) is 24.0 Å². The molecule has 2 amide bonds. The maximum absolute atomic E-state index is 11.9. The van der Waals surface area contributed by atoms with Gasteiger partial charge in [-0.05, 0) is 31.0 Å². The van der Waals surface area contributed by atoms with Crippen molar-refractivity contribution < 1.29 is 4.79 Å². The van der Waals surface area contributed by atoms with Gasteiger partial charge in [-0.1, -0.05) is 19.3 Å². The van der Waals surface area contributed by atoms with E-state index in [9.17, 15) is 4.79 Å². The molecule has 2 aromatic heterocycles. The van der Waals surface area contributed by atoms with Gasteiger partial charge in [-0.2, -0.15) is 5.10 Å². The number of carbonyl (C=O) groups is 1. The van der Waals surface area contributed by atoms with E-state index in [0.29, 0.717) is 6.04 Å². The highest BCUT2D eigenvalue weighted by atomic mass is 16.2. The number of nitrogens with zero attached hydrogens (tertiary/aromatic N) is 2. The van der Waals surface area contributed by atoms with E-state index in [1.54, 1.807) is 10.7 Å². The highest BCUT2D eigenvalue weighted by Crippen LogP contribution is 2.17. The van der Waals surface area contributed by atoms with Crippen LogP contribution in [-0.4, -0.2) is 21.7 Å². The van der Waals surface area contributed by atoms with Crippen LogP contribution in [0.3, 0.4) is 0 Å².